The molecule has 0 atom stereocenters. The van der Waals surface area contributed by atoms with Crippen molar-refractivity contribution in [1.29, 1.82) is 0 Å². The average molecular weight is 696 g/mol. The molecule has 0 fully saturated rings. The first kappa shape index (κ1) is 30.6. The maximum Gasteiger partial charge on any atom is 0.355 e. The molecule has 42 heavy (non-hydrogen) atoms. The maximum absolute atomic E-state index is 12.2. The van der Waals surface area contributed by atoms with Crippen LogP contribution in [0.15, 0.2) is 104 Å². The van der Waals surface area contributed by atoms with Gasteiger partial charge >= 0.3 is 6.03 Å². The van der Waals surface area contributed by atoms with E-state index in [0.29, 0.717) is 56.3 Å². The lowest BCUT2D eigenvalue weighted by Gasteiger charge is -2.13. The molecule has 0 saturated heterocycles. The first-order valence-electron chi connectivity index (χ1n) is 12.7. The van der Waals surface area contributed by atoms with E-state index in [1.54, 1.807) is 26.4 Å². The Labute approximate surface area is 260 Å². The van der Waals surface area contributed by atoms with E-state index in [4.69, 9.17) is 18.9 Å². The van der Waals surface area contributed by atoms with E-state index < -0.39 is 6.03 Å². The predicted octanol–water partition coefficient (Wildman–Crippen LogP) is 7.05. The zero-order chi connectivity index (χ0) is 29.7. The largest absolute Gasteiger partial charge is 0.493 e. The summed E-state index contributed by atoms with van der Waals surface area (Å²) in [5.74, 6) is 2.18. The summed E-state index contributed by atoms with van der Waals surface area (Å²) in [4.78, 5) is 12.2. The topological polar surface area (TPSA) is 103 Å². The number of nitrogens with zero attached hydrogens (tertiary/aromatic N) is 2. The maximum atomic E-state index is 12.2. The number of benzene rings is 4. The zero-order valence-electron chi connectivity index (χ0n) is 22.8. The molecule has 4 rings (SSSR count). The van der Waals surface area contributed by atoms with Gasteiger partial charge in [-0.25, -0.2) is 15.6 Å². The van der Waals surface area contributed by atoms with Gasteiger partial charge < -0.3 is 18.9 Å². The summed E-state index contributed by atoms with van der Waals surface area (Å²) >= 11 is 7.05. The Bertz CT molecular complexity index is 1440. The highest BCUT2D eigenvalue weighted by Gasteiger charge is 2.13. The van der Waals surface area contributed by atoms with E-state index in [-0.39, 0.29) is 0 Å². The van der Waals surface area contributed by atoms with Gasteiger partial charge in [0.2, 0.25) is 0 Å². The van der Waals surface area contributed by atoms with Crippen molar-refractivity contribution in [2.45, 2.75) is 13.2 Å². The second-order valence-corrected chi connectivity index (χ2v) is 10.4. The molecule has 0 spiro atoms. The van der Waals surface area contributed by atoms with Gasteiger partial charge in [0, 0.05) is 0 Å². The normalized spacial score (nSPS) is 11.0. The molecule has 0 unspecified atom stereocenters. The zero-order valence-corrected chi connectivity index (χ0v) is 26.0. The molecule has 11 heteroatoms. The fourth-order valence-electron chi connectivity index (χ4n) is 3.72. The van der Waals surface area contributed by atoms with E-state index in [0.717, 1.165) is 11.1 Å². The molecular formula is C31H28Br2N4O5. The molecule has 0 aliphatic heterocycles. The van der Waals surface area contributed by atoms with Gasteiger partial charge in [0.15, 0.2) is 23.0 Å². The molecule has 0 aliphatic carbocycles. The van der Waals surface area contributed by atoms with Crippen LogP contribution in [0.4, 0.5) is 4.79 Å². The number of amides is 2. The third kappa shape index (κ3) is 8.82. The SMILES string of the molecule is COc1cc(/C=N/NC(=O)N/N=C/c2cc(Br)c(OCc3ccccc3)c(OC)c2)cc(Br)c1OCc1ccccc1. The summed E-state index contributed by atoms with van der Waals surface area (Å²) in [6, 6.07) is 26.2. The first-order chi connectivity index (χ1) is 20.5. The molecule has 0 bridgehead atoms. The Balaban J connectivity index is 1.31. The highest BCUT2D eigenvalue weighted by Crippen LogP contribution is 2.38. The molecule has 0 aromatic heterocycles. The number of urea groups is 1. The minimum absolute atomic E-state index is 0.390. The standard InChI is InChI=1S/C31H28Br2N4O5/c1-39-27-15-23(13-25(32)29(27)41-19-21-9-5-3-6-10-21)17-34-36-31(38)37-35-18-24-14-26(33)30(28(16-24)40-2)42-20-22-11-7-4-8-12-22/h3-18H,19-20H2,1-2H3,(H2,36,37,38)/b34-17+,35-18+. The molecule has 4 aromatic carbocycles. The van der Waals surface area contributed by atoms with Crippen LogP contribution < -0.4 is 29.8 Å². The summed E-state index contributed by atoms with van der Waals surface area (Å²) < 4.78 is 24.3. The molecule has 2 N–H and O–H groups in total. The quantitative estimate of drug-likeness (QED) is 0.122. The molecule has 0 aliphatic rings. The number of hydrazone groups is 2. The number of hydrogen-bond acceptors (Lipinski definition) is 7. The minimum atomic E-state index is -0.620. The van der Waals surface area contributed by atoms with Crippen LogP contribution in [0.2, 0.25) is 0 Å². The number of nitrogens with one attached hydrogen (secondary N) is 2. The van der Waals surface area contributed by atoms with Gasteiger partial charge in [-0.15, -0.1) is 0 Å². The smallest absolute Gasteiger partial charge is 0.355 e. The Morgan fingerprint density at radius 2 is 1.10 bits per heavy atom. The molecule has 216 valence electrons. The molecule has 9 nitrogen and oxygen atoms in total. The van der Waals surface area contributed by atoms with Crippen molar-refractivity contribution in [2.75, 3.05) is 14.2 Å². The van der Waals surface area contributed by atoms with Crippen molar-refractivity contribution < 1.29 is 23.7 Å². The van der Waals surface area contributed by atoms with Gasteiger partial charge in [0.1, 0.15) is 13.2 Å². The van der Waals surface area contributed by atoms with Crippen LogP contribution in [0.25, 0.3) is 0 Å². The van der Waals surface area contributed by atoms with Crippen LogP contribution in [0.5, 0.6) is 23.0 Å². The van der Waals surface area contributed by atoms with E-state index in [1.165, 1.54) is 12.4 Å². The first-order valence-corrected chi connectivity index (χ1v) is 14.3. The van der Waals surface area contributed by atoms with Gasteiger partial charge in [0.25, 0.3) is 0 Å². The molecule has 2 amide bonds. The number of halogens is 2. The van der Waals surface area contributed by atoms with Crippen LogP contribution in [0, 0.1) is 0 Å². The number of ether oxygens (including phenoxy) is 4. The van der Waals surface area contributed by atoms with E-state index in [2.05, 4.69) is 52.9 Å². The van der Waals surface area contributed by atoms with E-state index in [9.17, 15) is 4.79 Å². The van der Waals surface area contributed by atoms with Crippen molar-refractivity contribution in [2.24, 2.45) is 10.2 Å². The average Bonchev–Trinajstić information content (AvgIpc) is 3.00. The molecule has 0 saturated carbocycles. The number of carbonyl (C=O) groups excluding carboxylic acids is 1. The Kier molecular flexibility index (Phi) is 11.4. The van der Waals surface area contributed by atoms with Crippen molar-refractivity contribution in [3.8, 4) is 23.0 Å². The summed E-state index contributed by atoms with van der Waals surface area (Å²) in [5, 5.41) is 7.97. The van der Waals surface area contributed by atoms with E-state index >= 15 is 0 Å². The Morgan fingerprint density at radius 1 is 0.690 bits per heavy atom. The van der Waals surface area contributed by atoms with Gasteiger partial charge in [-0.3, -0.25) is 0 Å². The van der Waals surface area contributed by atoms with Crippen molar-refractivity contribution in [3.63, 3.8) is 0 Å². The predicted molar refractivity (Wildman–Crippen MR) is 170 cm³/mol. The van der Waals surface area contributed by atoms with Crippen molar-refractivity contribution in [3.05, 3.63) is 116 Å². The van der Waals surface area contributed by atoms with Gasteiger partial charge in [-0.05, 0) is 78.4 Å². The highest BCUT2D eigenvalue weighted by atomic mass is 79.9. The minimum Gasteiger partial charge on any atom is -0.493 e. The lowest BCUT2D eigenvalue weighted by Crippen LogP contribution is -2.28. The number of methoxy groups -OCH3 is 2. The highest BCUT2D eigenvalue weighted by molar-refractivity contribution is 9.11. The Morgan fingerprint density at radius 3 is 1.48 bits per heavy atom. The van der Waals surface area contributed by atoms with Gasteiger partial charge in [-0.2, -0.15) is 10.2 Å². The fourth-order valence-corrected chi connectivity index (χ4v) is 4.87. The van der Waals surface area contributed by atoms with Crippen molar-refractivity contribution >= 4 is 50.3 Å². The lowest BCUT2D eigenvalue weighted by atomic mass is 10.2. The molecular weight excluding hydrogens is 668 g/mol. The third-order valence-corrected chi connectivity index (χ3v) is 6.89. The van der Waals surface area contributed by atoms with E-state index in [1.807, 2.05) is 72.8 Å². The summed E-state index contributed by atoms with van der Waals surface area (Å²) in [5.41, 5.74) is 8.18. The lowest BCUT2D eigenvalue weighted by molar-refractivity contribution is 0.242. The summed E-state index contributed by atoms with van der Waals surface area (Å²) in [6.45, 7) is 0.781. The van der Waals surface area contributed by atoms with Crippen molar-refractivity contribution in [1.82, 2.24) is 10.9 Å². The second kappa shape index (κ2) is 15.6. The number of carbonyl (C=O) groups is 1. The van der Waals surface area contributed by atoms with Crippen LogP contribution in [-0.2, 0) is 13.2 Å². The van der Waals surface area contributed by atoms with Crippen LogP contribution in [0.1, 0.15) is 22.3 Å². The Hall–Kier alpha value is -4.35. The summed E-state index contributed by atoms with van der Waals surface area (Å²) in [6.07, 6.45) is 2.96. The summed E-state index contributed by atoms with van der Waals surface area (Å²) in [7, 11) is 3.11. The third-order valence-electron chi connectivity index (χ3n) is 5.71. The number of hydrogen-bond donors (Lipinski definition) is 2. The fraction of sp³-hybridized carbons (Fsp3) is 0.129. The molecule has 4 aromatic rings. The second-order valence-electron chi connectivity index (χ2n) is 8.69. The van der Waals surface area contributed by atoms with Gasteiger partial charge in [-0.1, -0.05) is 60.7 Å². The van der Waals surface area contributed by atoms with Crippen LogP contribution in [0.3, 0.4) is 0 Å². The number of rotatable bonds is 12. The van der Waals surface area contributed by atoms with Gasteiger partial charge in [0.05, 0.1) is 35.6 Å². The van der Waals surface area contributed by atoms with Crippen LogP contribution >= 0.6 is 31.9 Å². The van der Waals surface area contributed by atoms with Crippen LogP contribution in [-0.4, -0.2) is 32.7 Å². The molecule has 0 heterocycles. The molecule has 0 radical (unpaired) electrons. The monoisotopic (exact) mass is 694 g/mol.